The molecule has 23 heavy (non-hydrogen) atoms. The molecule has 0 amide bonds. The molecule has 0 spiro atoms. The van der Waals surface area contributed by atoms with Crippen LogP contribution in [0.15, 0.2) is 23.8 Å². The third kappa shape index (κ3) is 2.99. The van der Waals surface area contributed by atoms with E-state index in [1.165, 1.54) is 0 Å². The molecule has 1 fully saturated rings. The van der Waals surface area contributed by atoms with E-state index >= 15 is 0 Å². The molecule has 3 aromatic rings. The van der Waals surface area contributed by atoms with Crippen molar-refractivity contribution >= 4 is 28.1 Å². The Hall–Kier alpha value is -2.19. The van der Waals surface area contributed by atoms with Gasteiger partial charge in [-0.2, -0.15) is 4.98 Å². The first-order valence-corrected chi connectivity index (χ1v) is 8.60. The molecule has 4 rings (SSSR count). The highest BCUT2D eigenvalue weighted by molar-refractivity contribution is 7.15. The number of fused-ring (bicyclic) bond motifs is 1. The van der Waals surface area contributed by atoms with E-state index in [9.17, 15) is 0 Å². The van der Waals surface area contributed by atoms with Crippen LogP contribution in [-0.2, 0) is 6.42 Å². The van der Waals surface area contributed by atoms with Gasteiger partial charge in [-0.25, -0.2) is 9.97 Å². The van der Waals surface area contributed by atoms with E-state index in [1.54, 1.807) is 11.3 Å². The Labute approximate surface area is 137 Å². The van der Waals surface area contributed by atoms with Crippen LogP contribution in [-0.4, -0.2) is 31.9 Å². The van der Waals surface area contributed by atoms with Gasteiger partial charge in [0.2, 0.25) is 5.95 Å². The van der Waals surface area contributed by atoms with Gasteiger partial charge in [0.05, 0.1) is 11.4 Å². The number of nitrogens with one attached hydrogen (secondary N) is 1. The normalized spacial score (nSPS) is 20.6. The Balaban J connectivity index is 1.39. The van der Waals surface area contributed by atoms with Gasteiger partial charge in [-0.05, 0) is 12.8 Å². The molecule has 0 atom stereocenters. The third-order valence-electron chi connectivity index (χ3n) is 4.19. The maximum atomic E-state index is 5.85. The lowest BCUT2D eigenvalue weighted by molar-refractivity contribution is 0.345. The summed E-state index contributed by atoms with van der Waals surface area (Å²) >= 11 is 1.64. The smallest absolute Gasteiger partial charge is 0.222 e. The van der Waals surface area contributed by atoms with Gasteiger partial charge in [0.1, 0.15) is 5.82 Å². The summed E-state index contributed by atoms with van der Waals surface area (Å²) in [4.78, 5) is 14.2. The van der Waals surface area contributed by atoms with Gasteiger partial charge in [-0.1, -0.05) is 0 Å². The van der Waals surface area contributed by atoms with Crippen LogP contribution in [0.1, 0.15) is 30.1 Å². The Kier molecular flexibility index (Phi) is 3.62. The van der Waals surface area contributed by atoms with Crippen molar-refractivity contribution in [3.8, 4) is 0 Å². The van der Waals surface area contributed by atoms with Crippen molar-refractivity contribution in [2.75, 3.05) is 17.6 Å². The number of rotatable bonds is 5. The van der Waals surface area contributed by atoms with E-state index in [4.69, 9.17) is 11.5 Å². The standard InChI is InChI=1S/C15H19N7S/c16-10-5-9(6-10)12-7-13(21-14(17)20-12)18-2-1-11-8-22-3-4-23-15(22)19-11/h3-4,7-10H,1-2,5-6,16H2,(H3,17,18,20,21). The Morgan fingerprint density at radius 3 is 2.96 bits per heavy atom. The van der Waals surface area contributed by atoms with Crippen LogP contribution in [0.5, 0.6) is 0 Å². The zero-order valence-corrected chi connectivity index (χ0v) is 13.5. The van der Waals surface area contributed by atoms with Gasteiger partial charge in [-0.3, -0.25) is 4.40 Å². The number of anilines is 2. The molecule has 3 heterocycles. The van der Waals surface area contributed by atoms with Gasteiger partial charge >= 0.3 is 0 Å². The molecule has 120 valence electrons. The lowest BCUT2D eigenvalue weighted by Crippen LogP contribution is -2.35. The molecule has 1 aliphatic carbocycles. The Morgan fingerprint density at radius 2 is 2.17 bits per heavy atom. The fourth-order valence-corrected chi connectivity index (χ4v) is 3.62. The SMILES string of the molecule is Nc1nc(NCCc2cn3ccsc3n2)cc(C2CC(N)C2)n1. The van der Waals surface area contributed by atoms with Crippen molar-refractivity contribution in [3.63, 3.8) is 0 Å². The summed E-state index contributed by atoms with van der Waals surface area (Å²) in [5.41, 5.74) is 13.7. The molecule has 7 nitrogen and oxygen atoms in total. The minimum Gasteiger partial charge on any atom is -0.370 e. The van der Waals surface area contributed by atoms with E-state index in [-0.39, 0.29) is 0 Å². The predicted molar refractivity (Wildman–Crippen MR) is 91.7 cm³/mol. The number of nitrogens with two attached hydrogens (primary N) is 2. The number of nitrogens with zero attached hydrogens (tertiary/aromatic N) is 4. The largest absolute Gasteiger partial charge is 0.370 e. The second-order valence-corrected chi connectivity index (χ2v) is 6.84. The van der Waals surface area contributed by atoms with Crippen LogP contribution in [0.2, 0.25) is 0 Å². The first kappa shape index (κ1) is 14.4. The molecule has 3 aromatic heterocycles. The molecule has 1 saturated carbocycles. The summed E-state index contributed by atoms with van der Waals surface area (Å²) in [7, 11) is 0. The zero-order chi connectivity index (χ0) is 15.8. The maximum Gasteiger partial charge on any atom is 0.222 e. The summed E-state index contributed by atoms with van der Waals surface area (Å²) in [5.74, 6) is 1.50. The van der Waals surface area contributed by atoms with E-state index in [1.807, 2.05) is 22.0 Å². The van der Waals surface area contributed by atoms with Crippen molar-refractivity contribution in [3.05, 3.63) is 35.2 Å². The lowest BCUT2D eigenvalue weighted by Gasteiger charge is -2.32. The van der Waals surface area contributed by atoms with Crippen LogP contribution in [0, 0.1) is 0 Å². The van der Waals surface area contributed by atoms with E-state index in [2.05, 4.69) is 26.5 Å². The predicted octanol–water partition coefficient (Wildman–Crippen LogP) is 1.63. The molecule has 0 saturated heterocycles. The molecule has 0 aliphatic heterocycles. The molecular weight excluding hydrogens is 310 g/mol. The summed E-state index contributed by atoms with van der Waals surface area (Å²) in [6.45, 7) is 0.755. The lowest BCUT2D eigenvalue weighted by atomic mass is 9.78. The topological polar surface area (TPSA) is 107 Å². The van der Waals surface area contributed by atoms with Gasteiger partial charge < -0.3 is 16.8 Å². The molecule has 8 heteroatoms. The highest BCUT2D eigenvalue weighted by Crippen LogP contribution is 2.35. The van der Waals surface area contributed by atoms with Gasteiger partial charge in [-0.15, -0.1) is 11.3 Å². The average Bonchev–Trinajstić information content (AvgIpc) is 3.04. The summed E-state index contributed by atoms with van der Waals surface area (Å²) < 4.78 is 2.04. The number of imidazole rings is 1. The molecule has 0 bridgehead atoms. The first-order chi connectivity index (χ1) is 11.2. The van der Waals surface area contributed by atoms with Crippen molar-refractivity contribution in [1.29, 1.82) is 0 Å². The Morgan fingerprint density at radius 1 is 1.30 bits per heavy atom. The number of nitrogen functional groups attached to an aromatic ring is 1. The van der Waals surface area contributed by atoms with Crippen LogP contribution < -0.4 is 16.8 Å². The van der Waals surface area contributed by atoms with Crippen molar-refractivity contribution in [2.24, 2.45) is 5.73 Å². The van der Waals surface area contributed by atoms with Crippen molar-refractivity contribution in [1.82, 2.24) is 19.4 Å². The molecule has 0 aromatic carbocycles. The van der Waals surface area contributed by atoms with Gasteiger partial charge in [0, 0.05) is 48.8 Å². The average molecular weight is 329 g/mol. The summed E-state index contributed by atoms with van der Waals surface area (Å²) in [6, 6.07) is 2.28. The molecule has 0 radical (unpaired) electrons. The summed E-state index contributed by atoms with van der Waals surface area (Å²) in [6.07, 6.45) is 6.86. The van der Waals surface area contributed by atoms with Gasteiger partial charge in [0.15, 0.2) is 4.96 Å². The number of aromatic nitrogens is 4. The van der Waals surface area contributed by atoms with Crippen molar-refractivity contribution in [2.45, 2.75) is 31.2 Å². The monoisotopic (exact) mass is 329 g/mol. The molecule has 5 N–H and O–H groups in total. The van der Waals surface area contributed by atoms with Crippen LogP contribution in [0.4, 0.5) is 11.8 Å². The fourth-order valence-electron chi connectivity index (χ4n) is 2.90. The Bertz CT molecular complexity index is 790. The molecule has 0 unspecified atom stereocenters. The van der Waals surface area contributed by atoms with Crippen LogP contribution in [0.3, 0.4) is 0 Å². The second kappa shape index (κ2) is 5.78. The second-order valence-electron chi connectivity index (χ2n) is 5.97. The summed E-state index contributed by atoms with van der Waals surface area (Å²) in [5, 5.41) is 5.35. The highest BCUT2D eigenvalue weighted by Gasteiger charge is 2.29. The molecular formula is C15H19N7S. The first-order valence-electron chi connectivity index (χ1n) is 7.72. The van der Waals surface area contributed by atoms with E-state index in [0.29, 0.717) is 17.9 Å². The zero-order valence-electron chi connectivity index (χ0n) is 12.6. The fraction of sp³-hybridized carbons (Fsp3) is 0.400. The van der Waals surface area contributed by atoms with Gasteiger partial charge in [0.25, 0.3) is 0 Å². The molecule has 1 aliphatic rings. The van der Waals surface area contributed by atoms with Crippen molar-refractivity contribution < 1.29 is 0 Å². The maximum absolute atomic E-state index is 5.85. The highest BCUT2D eigenvalue weighted by atomic mass is 32.1. The third-order valence-corrected chi connectivity index (χ3v) is 4.96. The van der Waals surface area contributed by atoms with Crippen LogP contribution >= 0.6 is 11.3 Å². The number of hydrogen-bond donors (Lipinski definition) is 3. The van der Waals surface area contributed by atoms with Crippen LogP contribution in [0.25, 0.3) is 4.96 Å². The minimum atomic E-state index is 0.294. The number of hydrogen-bond acceptors (Lipinski definition) is 7. The number of thiazole rings is 1. The quantitative estimate of drug-likeness (QED) is 0.657. The van der Waals surface area contributed by atoms with E-state index < -0.39 is 0 Å². The minimum absolute atomic E-state index is 0.294. The van der Waals surface area contributed by atoms with E-state index in [0.717, 1.165) is 48.0 Å².